The molecule has 0 aliphatic rings. The molecule has 8 heteroatoms. The molecule has 0 radical (unpaired) electrons. The highest BCUT2D eigenvalue weighted by Crippen LogP contribution is 2.35. The highest BCUT2D eigenvalue weighted by atomic mass is 127. The fraction of sp³-hybridized carbons (Fsp3) is 0.409. The number of likely N-dealkylation sites (N-methyl/N-ethyl adjacent to an activating group) is 1. The number of hydrogen-bond acceptors (Lipinski definition) is 5. The van der Waals surface area contributed by atoms with Gasteiger partial charge in [-0.2, -0.15) is 0 Å². The van der Waals surface area contributed by atoms with Crippen LogP contribution in [0.2, 0.25) is 5.02 Å². The molecule has 0 unspecified atom stereocenters. The Bertz CT molecular complexity index is 1040. The Morgan fingerprint density at radius 3 is 2.43 bits per heavy atom. The maximum absolute atomic E-state index is 12.9. The molecule has 0 saturated carbocycles. The molecule has 1 aromatic heterocycles. The van der Waals surface area contributed by atoms with Gasteiger partial charge in [0.25, 0.3) is 0 Å². The number of benzene rings is 2. The zero-order valence-corrected chi connectivity index (χ0v) is 20.7. The third-order valence-corrected chi connectivity index (χ3v) is 7.00. The second kappa shape index (κ2) is 11.6. The van der Waals surface area contributed by atoms with Gasteiger partial charge in [-0.05, 0) is 31.2 Å². The summed E-state index contributed by atoms with van der Waals surface area (Å²) in [6.45, 7) is 5.64. The first kappa shape index (κ1) is 25.3. The maximum atomic E-state index is 12.9. The summed E-state index contributed by atoms with van der Waals surface area (Å²) >= 11 is 7.86. The highest BCUT2D eigenvalue weighted by molar-refractivity contribution is 7.25. The Kier molecular flexibility index (Phi) is 9.77. The summed E-state index contributed by atoms with van der Waals surface area (Å²) in [4.78, 5) is 12.9. The van der Waals surface area contributed by atoms with Crippen LogP contribution in [0.3, 0.4) is 0 Å². The van der Waals surface area contributed by atoms with E-state index < -0.39 is 0 Å². The third kappa shape index (κ3) is 5.44. The Balaban J connectivity index is 0.00000320. The number of halogens is 2. The molecule has 1 heterocycles. The van der Waals surface area contributed by atoms with Crippen molar-refractivity contribution < 1.29 is 43.4 Å². The molecule has 0 spiro atoms. The van der Waals surface area contributed by atoms with Gasteiger partial charge < -0.3 is 43.4 Å². The van der Waals surface area contributed by atoms with Gasteiger partial charge >= 0.3 is 0 Å². The Morgan fingerprint density at radius 2 is 1.77 bits per heavy atom. The molecule has 0 fully saturated rings. The molecule has 2 aromatic carbocycles. The second-order valence-corrected chi connectivity index (χ2v) is 8.61. The van der Waals surface area contributed by atoms with Crippen molar-refractivity contribution in [3.8, 4) is 5.75 Å². The van der Waals surface area contributed by atoms with Gasteiger partial charge in [-0.3, -0.25) is 4.79 Å². The largest absolute Gasteiger partial charge is 1.00 e. The number of fused-ring (bicyclic) bond motifs is 2. The van der Waals surface area contributed by atoms with Gasteiger partial charge in [0.2, 0.25) is 0 Å². The first-order chi connectivity index (χ1) is 14.0. The monoisotopic (exact) mass is 563 g/mol. The lowest BCUT2D eigenvalue weighted by atomic mass is 10.2. The van der Waals surface area contributed by atoms with Crippen LogP contribution in [0.1, 0.15) is 13.3 Å². The molecule has 0 amide bonds. The molecule has 0 atom stereocenters. The quantitative estimate of drug-likeness (QED) is 0.165. The molecule has 30 heavy (non-hydrogen) atoms. The van der Waals surface area contributed by atoms with Crippen LogP contribution < -0.4 is 34.1 Å². The van der Waals surface area contributed by atoms with E-state index in [4.69, 9.17) is 16.3 Å². The summed E-state index contributed by atoms with van der Waals surface area (Å²) in [5.74, 6) is 0.663. The minimum Gasteiger partial charge on any atom is -1.00 e. The Morgan fingerprint density at radius 1 is 1.07 bits per heavy atom. The zero-order valence-electron chi connectivity index (χ0n) is 16.9. The third-order valence-electron chi connectivity index (χ3n) is 5.50. The minimum atomic E-state index is -0.0719. The number of hydrogen-bond donors (Lipinski definition) is 2. The summed E-state index contributed by atoms with van der Waals surface area (Å²) < 4.78 is 8.39. The topological polar surface area (TPSA) is 66.8 Å². The summed E-state index contributed by atoms with van der Waals surface area (Å²) in [6.07, 6.45) is 0.778. The van der Waals surface area contributed by atoms with Crippen molar-refractivity contribution in [2.75, 3.05) is 46.0 Å². The fourth-order valence-electron chi connectivity index (χ4n) is 3.77. The van der Waals surface area contributed by atoms with Crippen molar-refractivity contribution in [1.82, 2.24) is 0 Å². The lowest BCUT2D eigenvalue weighted by molar-refractivity contribution is -0.927. The van der Waals surface area contributed by atoms with E-state index in [1.165, 1.54) is 11.3 Å². The first-order valence-electron chi connectivity index (χ1n) is 9.89. The van der Waals surface area contributed by atoms with E-state index >= 15 is 0 Å². The highest BCUT2D eigenvalue weighted by Gasteiger charge is 2.23. The number of quaternary nitrogens is 1. The smallest absolute Gasteiger partial charge is 0.197 e. The normalized spacial score (nSPS) is 11.6. The average molecular weight is 564 g/mol. The van der Waals surface area contributed by atoms with Crippen LogP contribution in [0.25, 0.3) is 20.2 Å². The van der Waals surface area contributed by atoms with Crippen molar-refractivity contribution >= 4 is 43.1 Å². The van der Waals surface area contributed by atoms with Crippen molar-refractivity contribution in [3.63, 3.8) is 0 Å². The van der Waals surface area contributed by atoms with Crippen molar-refractivity contribution in [1.29, 1.82) is 0 Å². The van der Waals surface area contributed by atoms with E-state index in [1.807, 2.05) is 30.3 Å². The van der Waals surface area contributed by atoms with Crippen LogP contribution in [-0.2, 0) is 0 Å². The van der Waals surface area contributed by atoms with Gasteiger partial charge in [0.1, 0.15) is 18.8 Å². The number of aliphatic hydroxyl groups excluding tert-OH is 2. The molecular weight excluding hydrogens is 537 g/mol. The van der Waals surface area contributed by atoms with E-state index in [1.54, 1.807) is 6.07 Å². The molecule has 0 aliphatic carbocycles. The molecule has 5 nitrogen and oxygen atoms in total. The first-order valence-corrected chi connectivity index (χ1v) is 11.1. The van der Waals surface area contributed by atoms with Crippen LogP contribution in [0.5, 0.6) is 5.75 Å². The lowest BCUT2D eigenvalue weighted by Gasteiger charge is -2.36. The second-order valence-electron chi connectivity index (χ2n) is 7.15. The summed E-state index contributed by atoms with van der Waals surface area (Å²) in [5, 5.41) is 20.4. The summed E-state index contributed by atoms with van der Waals surface area (Å²) in [7, 11) is 0. The van der Waals surface area contributed by atoms with E-state index in [0.29, 0.717) is 45.7 Å². The van der Waals surface area contributed by atoms with Crippen LogP contribution in [-0.4, -0.2) is 60.7 Å². The fourth-order valence-corrected chi connectivity index (χ4v) is 5.24. The van der Waals surface area contributed by atoms with Gasteiger partial charge in [-0.1, -0.05) is 23.7 Å². The number of ether oxygens (including phenoxy) is 1. The number of rotatable bonds is 10. The minimum absolute atomic E-state index is 0. The predicted molar refractivity (Wildman–Crippen MR) is 120 cm³/mol. The van der Waals surface area contributed by atoms with Crippen LogP contribution in [0, 0.1) is 0 Å². The standard InChI is InChI=1S/C22H27ClNO4S.HI/c1-2-24(11-13-25,12-14-26)10-5-15-28-18-9-8-17(23)20-21(27)16-6-3-4-7-19(16)29-22(18)20;/h3-4,6-9,25-26H,2,5,10-15H2,1H3;1H/q+1;/p-1. The van der Waals surface area contributed by atoms with E-state index in [0.717, 1.165) is 28.9 Å². The molecule has 0 bridgehead atoms. The Labute approximate surface area is 202 Å². The summed E-state index contributed by atoms with van der Waals surface area (Å²) in [5.41, 5.74) is -0.0719. The van der Waals surface area contributed by atoms with Crippen molar-refractivity contribution in [2.45, 2.75) is 13.3 Å². The van der Waals surface area contributed by atoms with Crippen LogP contribution in [0.4, 0.5) is 0 Å². The molecule has 3 aromatic rings. The van der Waals surface area contributed by atoms with E-state index in [-0.39, 0.29) is 42.6 Å². The van der Waals surface area contributed by atoms with E-state index in [2.05, 4.69) is 6.92 Å². The van der Waals surface area contributed by atoms with E-state index in [9.17, 15) is 15.0 Å². The predicted octanol–water partition coefficient (Wildman–Crippen LogP) is 0.662. The number of aliphatic hydroxyl groups is 2. The molecule has 0 aliphatic heterocycles. The SMILES string of the molecule is CC[N+](CCO)(CCO)CCCOc1ccc(Cl)c2c(=O)c3ccccc3sc12.[I-]. The van der Waals surface area contributed by atoms with Crippen LogP contribution >= 0.6 is 22.9 Å². The maximum Gasteiger partial charge on any atom is 0.197 e. The number of nitrogens with zero attached hydrogens (tertiary/aromatic N) is 1. The zero-order chi connectivity index (χ0) is 20.9. The van der Waals surface area contributed by atoms with Crippen molar-refractivity contribution in [2.24, 2.45) is 0 Å². The van der Waals surface area contributed by atoms with Gasteiger partial charge in [-0.25, -0.2) is 0 Å². The van der Waals surface area contributed by atoms with Gasteiger partial charge in [0.05, 0.1) is 48.0 Å². The lowest BCUT2D eigenvalue weighted by Crippen LogP contribution is -3.00. The van der Waals surface area contributed by atoms with Crippen molar-refractivity contribution in [3.05, 3.63) is 51.6 Å². The molecule has 0 saturated heterocycles. The van der Waals surface area contributed by atoms with Gasteiger partial charge in [0.15, 0.2) is 5.43 Å². The molecule has 164 valence electrons. The van der Waals surface area contributed by atoms with Gasteiger partial charge in [0, 0.05) is 16.5 Å². The summed E-state index contributed by atoms with van der Waals surface area (Å²) in [6, 6.07) is 11.1. The molecule has 2 N–H and O–H groups in total. The van der Waals surface area contributed by atoms with Crippen LogP contribution in [0.15, 0.2) is 41.2 Å². The van der Waals surface area contributed by atoms with Gasteiger partial charge in [-0.15, -0.1) is 11.3 Å². The Hall–Kier alpha value is -0.970. The average Bonchev–Trinajstić information content (AvgIpc) is 2.73. The molecule has 3 rings (SSSR count). The molecular formula is C22H27ClINO4S.